The number of aliphatic carboxylic acids is 1. The van der Waals surface area contributed by atoms with E-state index in [1.54, 1.807) is 0 Å². The van der Waals surface area contributed by atoms with Crippen molar-refractivity contribution < 1.29 is 9.90 Å². The molecule has 1 N–H and O–H groups in total. The van der Waals surface area contributed by atoms with Gasteiger partial charge in [0.25, 0.3) is 0 Å². The fourth-order valence-corrected chi connectivity index (χ4v) is 2.21. The van der Waals surface area contributed by atoms with Gasteiger partial charge in [-0.1, -0.05) is 59.3 Å². The van der Waals surface area contributed by atoms with E-state index in [0.29, 0.717) is 11.8 Å². The van der Waals surface area contributed by atoms with Crippen LogP contribution < -0.4 is 0 Å². The van der Waals surface area contributed by atoms with Crippen LogP contribution in [0.25, 0.3) is 0 Å². The summed E-state index contributed by atoms with van der Waals surface area (Å²) in [5.74, 6) is -0.664. The van der Waals surface area contributed by atoms with Gasteiger partial charge in [0.2, 0.25) is 0 Å². The second-order valence-corrected chi connectivity index (χ2v) is 5.93. The highest BCUT2D eigenvalue weighted by Crippen LogP contribution is 2.30. The average Bonchev–Trinajstić information content (AvgIpc) is 2.24. The summed E-state index contributed by atoms with van der Waals surface area (Å²) >= 11 is 0. The highest BCUT2D eigenvalue weighted by Gasteiger charge is 2.16. The normalized spacial score (nSPS) is 11.7. The summed E-state index contributed by atoms with van der Waals surface area (Å²) in [6.45, 7) is 6.87. The van der Waals surface area contributed by atoms with Crippen molar-refractivity contribution in [1.82, 2.24) is 0 Å². The maximum absolute atomic E-state index is 10.4. The predicted octanol–water partition coefficient (Wildman–Crippen LogP) is 5.02. The van der Waals surface area contributed by atoms with Crippen molar-refractivity contribution in [3.05, 3.63) is 0 Å². The first-order chi connectivity index (χ1) is 7.98. The van der Waals surface area contributed by atoms with Crippen LogP contribution >= 0.6 is 0 Å². The van der Waals surface area contributed by atoms with E-state index in [2.05, 4.69) is 20.8 Å². The van der Waals surface area contributed by atoms with Crippen molar-refractivity contribution in [2.24, 2.45) is 5.41 Å². The van der Waals surface area contributed by atoms with Gasteiger partial charge in [0, 0.05) is 6.42 Å². The monoisotopic (exact) mass is 242 g/mol. The second-order valence-electron chi connectivity index (χ2n) is 5.93. The van der Waals surface area contributed by atoms with Crippen LogP contribution in [-0.4, -0.2) is 11.1 Å². The van der Waals surface area contributed by atoms with Crippen LogP contribution in [0.3, 0.4) is 0 Å². The molecule has 0 radical (unpaired) electrons. The number of hydrogen-bond acceptors (Lipinski definition) is 1. The number of carboxylic acid groups (broad SMARTS) is 1. The van der Waals surface area contributed by atoms with E-state index in [-0.39, 0.29) is 0 Å². The Kier molecular flexibility index (Phi) is 9.20. The van der Waals surface area contributed by atoms with Gasteiger partial charge in [-0.2, -0.15) is 0 Å². The number of hydrogen-bond donors (Lipinski definition) is 1. The Labute approximate surface area is 107 Å². The lowest BCUT2D eigenvalue weighted by Gasteiger charge is -2.24. The van der Waals surface area contributed by atoms with Crippen LogP contribution in [-0.2, 0) is 4.79 Å². The van der Waals surface area contributed by atoms with Gasteiger partial charge >= 0.3 is 5.97 Å². The fourth-order valence-electron chi connectivity index (χ4n) is 2.21. The standard InChI is InChI=1S/C15H30O2/c1-4-5-6-7-9-12-15(2,3)13-10-8-11-14(16)17/h4-13H2,1-3H3,(H,16,17). The summed E-state index contributed by atoms with van der Waals surface area (Å²) in [6, 6.07) is 0. The molecule has 0 aromatic carbocycles. The van der Waals surface area contributed by atoms with Crippen molar-refractivity contribution >= 4 is 5.97 Å². The number of rotatable bonds is 11. The first-order valence-corrected chi connectivity index (χ1v) is 7.20. The molecule has 0 aliphatic rings. The average molecular weight is 242 g/mol. The summed E-state index contributed by atoms with van der Waals surface area (Å²) in [4.78, 5) is 10.4. The molecule has 0 spiro atoms. The third kappa shape index (κ3) is 11.7. The lowest BCUT2D eigenvalue weighted by atomic mass is 9.82. The molecule has 0 fully saturated rings. The Morgan fingerprint density at radius 2 is 1.47 bits per heavy atom. The van der Waals surface area contributed by atoms with Crippen LogP contribution in [0.15, 0.2) is 0 Å². The fraction of sp³-hybridized carbons (Fsp3) is 0.933. The van der Waals surface area contributed by atoms with Gasteiger partial charge in [0.05, 0.1) is 0 Å². The number of carboxylic acids is 1. The van der Waals surface area contributed by atoms with E-state index < -0.39 is 5.97 Å². The van der Waals surface area contributed by atoms with Crippen LogP contribution in [0.1, 0.15) is 85.0 Å². The summed E-state index contributed by atoms with van der Waals surface area (Å²) in [5.41, 5.74) is 0.394. The molecule has 0 unspecified atom stereocenters. The maximum atomic E-state index is 10.4. The molecule has 0 atom stereocenters. The molecule has 0 saturated heterocycles. The van der Waals surface area contributed by atoms with Crippen LogP contribution in [0.2, 0.25) is 0 Å². The van der Waals surface area contributed by atoms with Gasteiger partial charge < -0.3 is 5.11 Å². The Morgan fingerprint density at radius 3 is 2.00 bits per heavy atom. The molecule has 0 aliphatic carbocycles. The second kappa shape index (κ2) is 9.49. The topological polar surface area (TPSA) is 37.3 Å². The molecule has 0 amide bonds. The lowest BCUT2D eigenvalue weighted by Crippen LogP contribution is -2.11. The Balaban J connectivity index is 3.47. The van der Waals surface area contributed by atoms with Crippen molar-refractivity contribution in [1.29, 1.82) is 0 Å². The van der Waals surface area contributed by atoms with Crippen LogP contribution in [0.4, 0.5) is 0 Å². The van der Waals surface area contributed by atoms with Gasteiger partial charge in [-0.25, -0.2) is 0 Å². The quantitative estimate of drug-likeness (QED) is 0.517. The van der Waals surface area contributed by atoms with Gasteiger partial charge in [-0.3, -0.25) is 4.79 Å². The summed E-state index contributed by atoms with van der Waals surface area (Å²) in [6.07, 6.45) is 11.4. The number of unbranched alkanes of at least 4 members (excludes halogenated alkanes) is 5. The van der Waals surface area contributed by atoms with E-state index in [9.17, 15) is 4.79 Å². The zero-order chi connectivity index (χ0) is 13.1. The third-order valence-corrected chi connectivity index (χ3v) is 3.45. The minimum absolute atomic E-state index is 0.326. The Hall–Kier alpha value is -0.530. The molecule has 0 aromatic rings. The van der Waals surface area contributed by atoms with E-state index in [4.69, 9.17) is 5.11 Å². The highest BCUT2D eigenvalue weighted by atomic mass is 16.4. The van der Waals surface area contributed by atoms with Gasteiger partial charge in [-0.15, -0.1) is 0 Å². The molecule has 2 nitrogen and oxygen atoms in total. The van der Waals surface area contributed by atoms with Crippen LogP contribution in [0.5, 0.6) is 0 Å². The minimum atomic E-state index is -0.664. The summed E-state index contributed by atoms with van der Waals surface area (Å²) < 4.78 is 0. The molecule has 0 bridgehead atoms. The minimum Gasteiger partial charge on any atom is -0.481 e. The first-order valence-electron chi connectivity index (χ1n) is 7.20. The molecule has 0 aliphatic heterocycles. The van der Waals surface area contributed by atoms with Gasteiger partial charge in [-0.05, 0) is 24.7 Å². The van der Waals surface area contributed by atoms with E-state index in [0.717, 1.165) is 19.3 Å². The smallest absolute Gasteiger partial charge is 0.303 e. The van der Waals surface area contributed by atoms with Crippen molar-refractivity contribution in [2.45, 2.75) is 85.0 Å². The molecule has 2 heteroatoms. The first kappa shape index (κ1) is 16.5. The molecule has 0 rings (SSSR count). The number of carbonyl (C=O) groups is 1. The van der Waals surface area contributed by atoms with Crippen molar-refractivity contribution in [3.63, 3.8) is 0 Å². The molecule has 102 valence electrons. The molecular formula is C15H30O2. The predicted molar refractivity (Wildman–Crippen MR) is 73.3 cm³/mol. The van der Waals surface area contributed by atoms with E-state index in [1.807, 2.05) is 0 Å². The molecule has 0 aromatic heterocycles. The van der Waals surface area contributed by atoms with Crippen molar-refractivity contribution in [3.8, 4) is 0 Å². The molecule has 0 heterocycles. The van der Waals surface area contributed by atoms with Crippen LogP contribution in [0, 0.1) is 5.41 Å². The van der Waals surface area contributed by atoms with Gasteiger partial charge in [0.15, 0.2) is 0 Å². The largest absolute Gasteiger partial charge is 0.481 e. The van der Waals surface area contributed by atoms with E-state index >= 15 is 0 Å². The highest BCUT2D eigenvalue weighted by molar-refractivity contribution is 5.66. The zero-order valence-electron chi connectivity index (χ0n) is 11.9. The Bertz CT molecular complexity index is 197. The van der Waals surface area contributed by atoms with Crippen molar-refractivity contribution in [2.75, 3.05) is 0 Å². The zero-order valence-corrected chi connectivity index (χ0v) is 11.9. The third-order valence-electron chi connectivity index (χ3n) is 3.45. The molecular weight excluding hydrogens is 212 g/mol. The van der Waals surface area contributed by atoms with Gasteiger partial charge in [0.1, 0.15) is 0 Å². The lowest BCUT2D eigenvalue weighted by molar-refractivity contribution is -0.137. The summed E-state index contributed by atoms with van der Waals surface area (Å²) in [5, 5.41) is 8.57. The summed E-state index contributed by atoms with van der Waals surface area (Å²) in [7, 11) is 0. The SMILES string of the molecule is CCCCCCCC(C)(C)CCCCC(=O)O. The van der Waals surface area contributed by atoms with E-state index in [1.165, 1.54) is 38.5 Å². The molecule has 0 saturated carbocycles. The maximum Gasteiger partial charge on any atom is 0.303 e. The molecule has 17 heavy (non-hydrogen) atoms. The Morgan fingerprint density at radius 1 is 0.941 bits per heavy atom.